The fourth-order valence-electron chi connectivity index (χ4n) is 2.39. The number of benzene rings is 1. The largest absolute Gasteiger partial charge is 0.331 e. The molecule has 5 nitrogen and oxygen atoms in total. The maximum atomic E-state index is 10.9. The van der Waals surface area contributed by atoms with Crippen molar-refractivity contribution in [2.75, 3.05) is 12.5 Å². The molecule has 0 aliphatic heterocycles. The van der Waals surface area contributed by atoms with E-state index in [0.29, 0.717) is 6.54 Å². The van der Waals surface area contributed by atoms with Gasteiger partial charge in [0, 0.05) is 24.1 Å². The summed E-state index contributed by atoms with van der Waals surface area (Å²) >= 11 is 4.64. The zero-order chi connectivity index (χ0) is 20.1. The maximum absolute atomic E-state index is 10.9. The van der Waals surface area contributed by atoms with E-state index in [9.17, 15) is 4.57 Å². The molecule has 146 valence electrons. The highest BCUT2D eigenvalue weighted by Crippen LogP contribution is 2.33. The van der Waals surface area contributed by atoms with Gasteiger partial charge in [-0.2, -0.15) is 0 Å². The number of allylic oxidation sites excluding steroid dienone is 3. The second kappa shape index (κ2) is 12.6. The van der Waals surface area contributed by atoms with Crippen molar-refractivity contribution in [2.45, 2.75) is 20.0 Å². The Bertz CT molecular complexity index is 772. The first-order chi connectivity index (χ1) is 13.0. The normalized spacial score (nSPS) is 12.0. The van der Waals surface area contributed by atoms with Gasteiger partial charge in [0.1, 0.15) is 12.7 Å². The second-order valence-electron chi connectivity index (χ2n) is 5.74. The van der Waals surface area contributed by atoms with Crippen molar-refractivity contribution < 1.29 is 24.2 Å². The van der Waals surface area contributed by atoms with E-state index in [1.165, 1.54) is 11.9 Å². The molecule has 2 rings (SSSR count). The number of hydrogen-bond donors (Lipinski definition) is 3. The number of hydrogen-bond acceptors (Lipinski definition) is 1. The third-order valence-corrected chi connectivity index (χ3v) is 4.58. The molecular weight excluding hydrogens is 383 g/mol. The predicted octanol–water partition coefficient (Wildman–Crippen LogP) is 2.69. The Hall–Kier alpha value is -1.75. The summed E-state index contributed by atoms with van der Waals surface area (Å²) in [5, 5.41) is 2.13. The van der Waals surface area contributed by atoms with E-state index in [0.717, 1.165) is 17.7 Å². The minimum absolute atomic E-state index is 0.151. The van der Waals surface area contributed by atoms with Crippen LogP contribution < -0.4 is 9.88 Å². The highest BCUT2D eigenvalue weighted by atomic mass is 35.5. The Morgan fingerprint density at radius 1 is 1.15 bits per heavy atom. The summed E-state index contributed by atoms with van der Waals surface area (Å²) < 4.78 is 12.7. The molecule has 0 saturated heterocycles. The Balaban J connectivity index is 0.00000176. The molecule has 1 aromatic heterocycles. The zero-order valence-corrected chi connectivity index (χ0v) is 17.4. The second-order valence-corrected chi connectivity index (χ2v) is 7.52. The number of halogens is 1. The first-order valence-corrected chi connectivity index (χ1v) is 11.2. The van der Waals surface area contributed by atoms with E-state index in [1.54, 1.807) is 4.57 Å². The Labute approximate surface area is 166 Å². The topological polar surface area (TPSA) is 78.0 Å². The lowest BCUT2D eigenvalue weighted by Gasteiger charge is -2.03. The van der Waals surface area contributed by atoms with Gasteiger partial charge in [-0.3, -0.25) is 4.57 Å². The quantitative estimate of drug-likeness (QED) is 0.271. The lowest BCUT2D eigenvalue weighted by Crippen LogP contribution is -2.76. The van der Waals surface area contributed by atoms with Gasteiger partial charge >= 0.3 is 7.60 Å². The van der Waals surface area contributed by atoms with E-state index >= 15 is 0 Å². The summed E-state index contributed by atoms with van der Waals surface area (Å²) in [4.78, 5) is 17.9. The van der Waals surface area contributed by atoms with Crippen LogP contribution in [0, 0.1) is 0 Å². The molecule has 0 radical (unpaired) electrons. The number of aromatic nitrogens is 1. The van der Waals surface area contributed by atoms with Crippen LogP contribution in [0.15, 0.2) is 73.2 Å². The van der Waals surface area contributed by atoms with Crippen LogP contribution in [-0.2, 0) is 17.7 Å². The molecule has 0 amide bonds. The Morgan fingerprint density at radius 3 is 2.33 bits per heavy atom. The number of pyridine rings is 1. The van der Waals surface area contributed by atoms with Crippen LogP contribution in [0.1, 0.15) is 18.1 Å². The van der Waals surface area contributed by atoms with Crippen molar-refractivity contribution in [3.8, 4) is 0 Å². The molecule has 0 saturated carbocycles. The minimum Gasteiger partial charge on any atom is -0.324 e. The average Bonchev–Trinajstić information content (AvgIpc) is 2.69. The fourth-order valence-corrected chi connectivity index (χ4v) is 2.89. The number of alkyl halides is 1. The summed E-state index contributed by atoms with van der Waals surface area (Å²) in [7, 11) is -3.96. The van der Waals surface area contributed by atoms with Gasteiger partial charge in [-0.05, 0) is 24.1 Å². The van der Waals surface area contributed by atoms with Crippen molar-refractivity contribution in [1.29, 1.82) is 0 Å². The van der Waals surface area contributed by atoms with Crippen LogP contribution in [0.3, 0.4) is 0 Å². The van der Waals surface area contributed by atoms with Crippen LogP contribution in [0.4, 0.5) is 0 Å². The minimum atomic E-state index is -3.96. The van der Waals surface area contributed by atoms with Crippen LogP contribution in [-0.4, -0.2) is 22.3 Å². The van der Waals surface area contributed by atoms with Gasteiger partial charge in [-0.1, -0.05) is 36.4 Å². The molecule has 0 aliphatic rings. The highest BCUT2D eigenvalue weighted by molar-refractivity contribution is 7.51. The smallest absolute Gasteiger partial charge is 0.324 e. The van der Waals surface area contributed by atoms with E-state index in [-0.39, 0.29) is 6.16 Å². The fraction of sp³-hybridized carbons (Fsp3) is 0.250. The summed E-state index contributed by atoms with van der Waals surface area (Å²) in [6, 6.07) is 14.2. The summed E-state index contributed by atoms with van der Waals surface area (Å²) in [5.74, 6) is 0. The predicted molar refractivity (Wildman–Crippen MR) is 110 cm³/mol. The molecule has 27 heavy (non-hydrogen) atoms. The van der Waals surface area contributed by atoms with Gasteiger partial charge < -0.3 is 15.1 Å². The van der Waals surface area contributed by atoms with Crippen LogP contribution in [0.2, 0.25) is 0 Å². The van der Waals surface area contributed by atoms with Crippen LogP contribution in [0.25, 0.3) is 5.57 Å². The van der Waals surface area contributed by atoms with Gasteiger partial charge in [-0.25, -0.2) is 4.57 Å². The molecule has 2 aromatic rings. The molecule has 0 bridgehead atoms. The molecule has 1 heterocycles. The maximum Gasteiger partial charge on any atom is 0.331 e. The number of rotatable bonds is 8. The SMILES string of the molecule is C/C=C(\C=C/[NH2+]Cc1ccccc1)c1cc[n+](CCP(=O)(O)O)cc1.CCl. The third kappa shape index (κ3) is 9.66. The van der Waals surface area contributed by atoms with Gasteiger partial charge in [-0.15, -0.1) is 11.6 Å². The van der Waals surface area contributed by atoms with Gasteiger partial charge in [0.2, 0.25) is 0 Å². The highest BCUT2D eigenvalue weighted by Gasteiger charge is 2.15. The lowest BCUT2D eigenvalue weighted by molar-refractivity contribution is -0.692. The zero-order valence-electron chi connectivity index (χ0n) is 15.7. The standard InChI is InChI=1S/C19H23N2O3P.CH3Cl/c1-2-18(8-11-20-16-17-6-4-3-5-7-17)19-9-12-21(13-10-19)14-15-25(22,23)24;1-2/h2-13,20H,14-16H2,1H3,(H-,22,23,24);1H3/p+2/b11-8-,18-2+;. The molecule has 7 heteroatoms. The van der Waals surface area contributed by atoms with E-state index < -0.39 is 7.60 Å². The van der Waals surface area contributed by atoms with E-state index in [4.69, 9.17) is 9.79 Å². The molecule has 0 atom stereocenters. The van der Waals surface area contributed by atoms with Crippen LogP contribution in [0.5, 0.6) is 0 Å². The van der Waals surface area contributed by atoms with Crippen molar-refractivity contribution in [2.24, 2.45) is 0 Å². The molecule has 0 aliphatic carbocycles. The average molecular weight is 411 g/mol. The monoisotopic (exact) mass is 410 g/mol. The van der Waals surface area contributed by atoms with Gasteiger partial charge in [0.05, 0.1) is 6.20 Å². The summed E-state index contributed by atoms with van der Waals surface area (Å²) in [6.45, 7) is 3.19. The molecule has 1 aromatic carbocycles. The first-order valence-electron chi connectivity index (χ1n) is 8.60. The summed E-state index contributed by atoms with van der Waals surface area (Å²) in [5.41, 5.74) is 3.45. The van der Waals surface area contributed by atoms with E-state index in [2.05, 4.69) is 41.3 Å². The van der Waals surface area contributed by atoms with Gasteiger partial charge in [0.25, 0.3) is 0 Å². The van der Waals surface area contributed by atoms with Crippen molar-refractivity contribution in [1.82, 2.24) is 0 Å². The first kappa shape index (κ1) is 23.3. The van der Waals surface area contributed by atoms with Crippen molar-refractivity contribution >= 4 is 24.8 Å². The lowest BCUT2D eigenvalue weighted by atomic mass is 10.1. The molecule has 0 spiro atoms. The number of nitrogens with two attached hydrogens (primary N) is 1. The molecular formula is C20H28ClN2O3P+2. The summed E-state index contributed by atoms with van der Waals surface area (Å²) in [6.07, 6.45) is 11.2. The Morgan fingerprint density at radius 2 is 1.78 bits per heavy atom. The number of aryl methyl sites for hydroxylation is 1. The number of nitrogens with zero attached hydrogens (tertiary/aromatic N) is 1. The van der Waals surface area contributed by atoms with Crippen molar-refractivity contribution in [3.63, 3.8) is 0 Å². The Kier molecular flexibility index (Phi) is 10.9. The van der Waals surface area contributed by atoms with Gasteiger partial charge in [0.15, 0.2) is 18.9 Å². The van der Waals surface area contributed by atoms with Crippen LogP contribution >= 0.6 is 19.2 Å². The van der Waals surface area contributed by atoms with Crippen molar-refractivity contribution in [3.05, 3.63) is 84.3 Å². The molecule has 4 N–H and O–H groups in total. The molecule has 0 fully saturated rings. The molecule has 0 unspecified atom stereocenters. The number of quaternary nitrogens is 1. The van der Waals surface area contributed by atoms with E-state index in [1.807, 2.05) is 55.7 Å². The third-order valence-electron chi connectivity index (χ3n) is 3.79.